The summed E-state index contributed by atoms with van der Waals surface area (Å²) >= 11 is 0. The summed E-state index contributed by atoms with van der Waals surface area (Å²) in [5.74, 6) is 0.238. The van der Waals surface area contributed by atoms with Crippen molar-refractivity contribution in [2.45, 2.75) is 56.8 Å². The fraction of sp³-hybridized carbons (Fsp3) is 0.778. The van der Waals surface area contributed by atoms with Gasteiger partial charge in [0.05, 0.1) is 11.8 Å². The fourth-order valence-electron chi connectivity index (χ4n) is 4.43. The smallest absolute Gasteiger partial charge is 0.251 e. The van der Waals surface area contributed by atoms with Crippen LogP contribution >= 0.6 is 0 Å². The van der Waals surface area contributed by atoms with Gasteiger partial charge in [-0.3, -0.25) is 14.4 Å². The van der Waals surface area contributed by atoms with Gasteiger partial charge in [0.15, 0.2) is 0 Å². The number of piperidine rings is 1. The van der Waals surface area contributed by atoms with Crippen molar-refractivity contribution in [3.05, 3.63) is 18.0 Å². The maximum atomic E-state index is 12.6. The first-order chi connectivity index (χ1) is 11.6. The molecule has 0 aromatic carbocycles. The van der Waals surface area contributed by atoms with Gasteiger partial charge in [0.25, 0.3) is 5.91 Å². The molecule has 4 rings (SSSR count). The standard InChI is InChI=1S/C18H28N4O2/c1-20-13-15(12-19-20)14-21-10-6-18(7-11-21)5-4-16(24-18)17(23)22-8-2-3-9-22/h12-13,16H,2-11,14H2,1H3/t16-/m0/s1. The lowest BCUT2D eigenvalue weighted by Crippen LogP contribution is -2.45. The van der Waals surface area contributed by atoms with Crippen LogP contribution in [-0.2, 0) is 23.1 Å². The summed E-state index contributed by atoms with van der Waals surface area (Å²) in [4.78, 5) is 17.0. The van der Waals surface area contributed by atoms with Crippen molar-refractivity contribution in [3.8, 4) is 0 Å². The Hall–Kier alpha value is -1.40. The van der Waals surface area contributed by atoms with E-state index in [1.807, 2.05) is 22.8 Å². The lowest BCUT2D eigenvalue weighted by molar-refractivity contribution is -0.150. The summed E-state index contributed by atoms with van der Waals surface area (Å²) in [5, 5.41) is 4.24. The largest absolute Gasteiger partial charge is 0.362 e. The van der Waals surface area contributed by atoms with Gasteiger partial charge in [-0.1, -0.05) is 0 Å². The van der Waals surface area contributed by atoms with Gasteiger partial charge >= 0.3 is 0 Å². The van der Waals surface area contributed by atoms with Gasteiger partial charge in [-0.05, 0) is 38.5 Å². The third-order valence-corrected chi connectivity index (χ3v) is 5.88. The number of likely N-dealkylation sites (tertiary alicyclic amines) is 2. The maximum Gasteiger partial charge on any atom is 0.251 e. The molecule has 6 nitrogen and oxygen atoms in total. The SMILES string of the molecule is Cn1cc(CN2CCC3(CC[C@@H](C(=O)N4CCCC4)O3)CC2)cn1. The summed E-state index contributed by atoms with van der Waals surface area (Å²) in [6.45, 7) is 4.88. The minimum Gasteiger partial charge on any atom is -0.362 e. The summed E-state index contributed by atoms with van der Waals surface area (Å²) in [7, 11) is 1.96. The van der Waals surface area contributed by atoms with E-state index in [-0.39, 0.29) is 17.6 Å². The Kier molecular flexibility index (Phi) is 4.35. The van der Waals surface area contributed by atoms with Crippen LogP contribution < -0.4 is 0 Å². The second kappa shape index (κ2) is 6.48. The van der Waals surface area contributed by atoms with Crippen LogP contribution in [0.1, 0.15) is 44.1 Å². The molecule has 0 N–H and O–H groups in total. The van der Waals surface area contributed by atoms with E-state index < -0.39 is 0 Å². The van der Waals surface area contributed by atoms with Crippen LogP contribution in [-0.4, -0.2) is 63.4 Å². The highest BCUT2D eigenvalue weighted by atomic mass is 16.5. The molecule has 3 aliphatic heterocycles. The highest BCUT2D eigenvalue weighted by molar-refractivity contribution is 5.81. The van der Waals surface area contributed by atoms with Crippen molar-refractivity contribution < 1.29 is 9.53 Å². The average Bonchev–Trinajstić information content (AvgIpc) is 3.31. The van der Waals surface area contributed by atoms with Crippen LogP contribution in [0.4, 0.5) is 0 Å². The predicted octanol–water partition coefficient (Wildman–Crippen LogP) is 1.56. The van der Waals surface area contributed by atoms with Crippen LogP contribution in [0.15, 0.2) is 12.4 Å². The quantitative estimate of drug-likeness (QED) is 0.843. The van der Waals surface area contributed by atoms with Gasteiger partial charge in [0.1, 0.15) is 6.10 Å². The summed E-state index contributed by atoms with van der Waals surface area (Å²) in [5.41, 5.74) is 1.22. The maximum absolute atomic E-state index is 12.6. The minimum absolute atomic E-state index is 0.0501. The van der Waals surface area contributed by atoms with Crippen molar-refractivity contribution in [1.82, 2.24) is 19.6 Å². The molecule has 3 saturated heterocycles. The van der Waals surface area contributed by atoms with E-state index in [0.717, 1.165) is 71.2 Å². The zero-order valence-electron chi connectivity index (χ0n) is 14.6. The molecule has 4 heterocycles. The third kappa shape index (κ3) is 3.22. The molecule has 132 valence electrons. The molecule has 3 aliphatic rings. The molecule has 0 bridgehead atoms. The number of hydrogen-bond donors (Lipinski definition) is 0. The van der Waals surface area contributed by atoms with Crippen LogP contribution in [0.5, 0.6) is 0 Å². The minimum atomic E-state index is -0.187. The molecular weight excluding hydrogens is 304 g/mol. The number of hydrogen-bond acceptors (Lipinski definition) is 4. The number of amides is 1. The molecule has 6 heteroatoms. The Morgan fingerprint density at radius 1 is 1.25 bits per heavy atom. The second-order valence-electron chi connectivity index (χ2n) is 7.66. The van der Waals surface area contributed by atoms with E-state index in [0.29, 0.717) is 0 Å². The monoisotopic (exact) mass is 332 g/mol. The van der Waals surface area contributed by atoms with Gasteiger partial charge < -0.3 is 9.64 Å². The summed E-state index contributed by atoms with van der Waals surface area (Å²) < 4.78 is 8.19. The van der Waals surface area contributed by atoms with Crippen molar-refractivity contribution >= 4 is 5.91 Å². The molecule has 1 aromatic rings. The van der Waals surface area contributed by atoms with E-state index in [1.165, 1.54) is 5.56 Å². The van der Waals surface area contributed by atoms with Crippen LogP contribution in [0, 0.1) is 0 Å². The molecule has 1 spiro atoms. The first kappa shape index (κ1) is 16.1. The van der Waals surface area contributed by atoms with Crippen molar-refractivity contribution in [3.63, 3.8) is 0 Å². The van der Waals surface area contributed by atoms with Crippen molar-refractivity contribution in [1.29, 1.82) is 0 Å². The Bertz CT molecular complexity index is 586. The van der Waals surface area contributed by atoms with Crippen LogP contribution in [0.25, 0.3) is 0 Å². The Labute approximate surface area is 143 Å². The van der Waals surface area contributed by atoms with Gasteiger partial charge in [0, 0.05) is 51.5 Å². The number of rotatable bonds is 3. The zero-order valence-corrected chi connectivity index (χ0v) is 14.6. The number of nitrogens with zero attached hydrogens (tertiary/aromatic N) is 4. The molecule has 1 atom stereocenters. The second-order valence-corrected chi connectivity index (χ2v) is 7.66. The van der Waals surface area contributed by atoms with Gasteiger partial charge in [-0.25, -0.2) is 0 Å². The number of aromatic nitrogens is 2. The number of ether oxygens (including phenoxy) is 1. The summed E-state index contributed by atoms with van der Waals surface area (Å²) in [6, 6.07) is 0. The molecule has 1 aromatic heterocycles. The van der Waals surface area contributed by atoms with E-state index in [1.54, 1.807) is 0 Å². The number of carbonyl (C=O) groups is 1. The normalized spacial score (nSPS) is 27.2. The van der Waals surface area contributed by atoms with E-state index in [9.17, 15) is 4.79 Å². The molecule has 0 unspecified atom stereocenters. The molecule has 3 fully saturated rings. The first-order valence-corrected chi connectivity index (χ1v) is 9.30. The third-order valence-electron chi connectivity index (χ3n) is 5.88. The van der Waals surface area contributed by atoms with Gasteiger partial charge in [-0.2, -0.15) is 5.10 Å². The molecular formula is C18H28N4O2. The van der Waals surface area contributed by atoms with E-state index >= 15 is 0 Å². The van der Waals surface area contributed by atoms with Gasteiger partial charge in [-0.15, -0.1) is 0 Å². The highest BCUT2D eigenvalue weighted by Gasteiger charge is 2.45. The average molecular weight is 332 g/mol. The van der Waals surface area contributed by atoms with Crippen LogP contribution in [0.3, 0.4) is 0 Å². The molecule has 0 aliphatic carbocycles. The molecule has 0 radical (unpaired) electrons. The van der Waals surface area contributed by atoms with Crippen LogP contribution in [0.2, 0.25) is 0 Å². The Morgan fingerprint density at radius 2 is 2.00 bits per heavy atom. The highest BCUT2D eigenvalue weighted by Crippen LogP contribution is 2.39. The van der Waals surface area contributed by atoms with Crippen molar-refractivity contribution in [2.75, 3.05) is 26.2 Å². The zero-order chi connectivity index (χ0) is 16.6. The van der Waals surface area contributed by atoms with Gasteiger partial charge in [0.2, 0.25) is 0 Å². The van der Waals surface area contributed by atoms with Crippen molar-refractivity contribution in [2.24, 2.45) is 7.05 Å². The number of aryl methyl sites for hydroxylation is 1. The Morgan fingerprint density at radius 3 is 2.67 bits per heavy atom. The molecule has 24 heavy (non-hydrogen) atoms. The molecule has 0 saturated carbocycles. The van der Waals surface area contributed by atoms with E-state index in [2.05, 4.69) is 16.2 Å². The van der Waals surface area contributed by atoms with E-state index in [4.69, 9.17) is 4.74 Å². The predicted molar refractivity (Wildman–Crippen MR) is 90.4 cm³/mol. The fourth-order valence-corrected chi connectivity index (χ4v) is 4.43. The first-order valence-electron chi connectivity index (χ1n) is 9.30. The lowest BCUT2D eigenvalue weighted by atomic mass is 9.88. The molecule has 1 amide bonds. The lowest BCUT2D eigenvalue weighted by Gasteiger charge is -2.39. The summed E-state index contributed by atoms with van der Waals surface area (Å²) in [6.07, 6.45) is 10.2. The number of carbonyl (C=O) groups excluding carboxylic acids is 1. The topological polar surface area (TPSA) is 50.6 Å². The Balaban J connectivity index is 1.29.